The van der Waals surface area contributed by atoms with Gasteiger partial charge in [0, 0.05) is 19.2 Å². The van der Waals surface area contributed by atoms with Crippen LogP contribution in [0.25, 0.3) is 11.3 Å². The maximum atomic E-state index is 13.5. The number of urea groups is 1. The van der Waals surface area contributed by atoms with Crippen molar-refractivity contribution in [3.05, 3.63) is 40.3 Å². The molecule has 1 aromatic heterocycles. The highest BCUT2D eigenvalue weighted by atomic mass is 35.5. The van der Waals surface area contributed by atoms with Crippen molar-refractivity contribution in [2.75, 3.05) is 13.6 Å². The van der Waals surface area contributed by atoms with E-state index in [1.54, 1.807) is 18.5 Å². The number of carbonyl (C=O) groups excluding carboxylic acids is 3. The SMILES string of the molecule is CNC(=O)C(C)(C)NC(=O)N1CCn2nc(-c3ccc(F)c(Cl)c3)c(C(N)=O)c2C1. The van der Waals surface area contributed by atoms with E-state index in [0.717, 1.165) is 0 Å². The van der Waals surface area contributed by atoms with Crippen molar-refractivity contribution in [2.45, 2.75) is 32.5 Å². The molecule has 4 N–H and O–H groups in total. The number of benzene rings is 1. The standard InChI is InChI=1S/C19H22ClFN6O3/c1-19(2,17(29)23-3)24-18(30)26-6-7-27-13(9-26)14(16(22)28)15(25-27)10-4-5-12(21)11(20)8-10/h4-5,8H,6-7,9H2,1-3H3,(H2,22,28)(H,23,29)(H,24,30). The summed E-state index contributed by atoms with van der Waals surface area (Å²) < 4.78 is 15.1. The number of nitrogens with one attached hydrogen (secondary N) is 2. The van der Waals surface area contributed by atoms with Crippen LogP contribution in [0.1, 0.15) is 29.9 Å². The number of likely N-dealkylation sites (N-methyl/N-ethyl adjacent to an activating group) is 1. The predicted molar refractivity (Wildman–Crippen MR) is 108 cm³/mol. The van der Waals surface area contributed by atoms with Crippen molar-refractivity contribution in [1.29, 1.82) is 0 Å². The Morgan fingerprint density at radius 1 is 1.27 bits per heavy atom. The number of nitrogens with zero attached hydrogens (tertiary/aromatic N) is 3. The van der Waals surface area contributed by atoms with Gasteiger partial charge in [0.2, 0.25) is 5.91 Å². The maximum absolute atomic E-state index is 13.5. The molecule has 0 unspecified atom stereocenters. The quantitative estimate of drug-likeness (QED) is 0.672. The zero-order valence-corrected chi connectivity index (χ0v) is 17.5. The van der Waals surface area contributed by atoms with Gasteiger partial charge < -0.3 is 21.3 Å². The zero-order valence-electron chi connectivity index (χ0n) is 16.8. The van der Waals surface area contributed by atoms with Crippen LogP contribution in [0.5, 0.6) is 0 Å². The summed E-state index contributed by atoms with van der Waals surface area (Å²) in [5.41, 5.74) is 5.78. The van der Waals surface area contributed by atoms with Gasteiger partial charge in [-0.05, 0) is 32.0 Å². The van der Waals surface area contributed by atoms with E-state index in [9.17, 15) is 18.8 Å². The number of hydrogen-bond acceptors (Lipinski definition) is 4. The fourth-order valence-corrected chi connectivity index (χ4v) is 3.49. The Morgan fingerprint density at radius 3 is 2.57 bits per heavy atom. The number of nitrogens with two attached hydrogens (primary N) is 1. The number of rotatable bonds is 4. The summed E-state index contributed by atoms with van der Waals surface area (Å²) in [6.45, 7) is 3.87. The van der Waals surface area contributed by atoms with E-state index in [1.807, 2.05) is 0 Å². The highest BCUT2D eigenvalue weighted by molar-refractivity contribution is 6.31. The molecular formula is C19H22ClFN6O3. The average Bonchev–Trinajstić information content (AvgIpc) is 3.07. The Labute approximate surface area is 177 Å². The molecule has 0 fully saturated rings. The van der Waals surface area contributed by atoms with Gasteiger partial charge in [-0.25, -0.2) is 9.18 Å². The third-order valence-electron chi connectivity index (χ3n) is 4.92. The normalized spacial score (nSPS) is 13.6. The highest BCUT2D eigenvalue weighted by Gasteiger charge is 2.34. The molecular weight excluding hydrogens is 415 g/mol. The minimum atomic E-state index is -1.12. The van der Waals surface area contributed by atoms with Crippen LogP contribution < -0.4 is 16.4 Å². The fraction of sp³-hybridized carbons (Fsp3) is 0.368. The Hall–Kier alpha value is -3.14. The number of halogens is 2. The van der Waals surface area contributed by atoms with Gasteiger partial charge in [0.25, 0.3) is 5.91 Å². The first-order valence-corrected chi connectivity index (χ1v) is 9.57. The zero-order chi connectivity index (χ0) is 22.2. The van der Waals surface area contributed by atoms with Crippen molar-refractivity contribution in [3.8, 4) is 11.3 Å². The van der Waals surface area contributed by atoms with Gasteiger partial charge in [-0.3, -0.25) is 14.3 Å². The summed E-state index contributed by atoms with van der Waals surface area (Å²) in [5, 5.41) is 9.51. The molecule has 0 saturated carbocycles. The molecule has 3 rings (SSSR count). The number of fused-ring (bicyclic) bond motifs is 1. The van der Waals surface area contributed by atoms with Gasteiger partial charge in [0.05, 0.1) is 29.4 Å². The van der Waals surface area contributed by atoms with E-state index in [1.165, 1.54) is 30.1 Å². The molecule has 160 valence electrons. The lowest BCUT2D eigenvalue weighted by atomic mass is 10.0. The highest BCUT2D eigenvalue weighted by Crippen LogP contribution is 2.30. The summed E-state index contributed by atoms with van der Waals surface area (Å²) in [7, 11) is 1.48. The monoisotopic (exact) mass is 436 g/mol. The Bertz CT molecular complexity index is 1040. The third-order valence-corrected chi connectivity index (χ3v) is 5.21. The van der Waals surface area contributed by atoms with Crippen molar-refractivity contribution < 1.29 is 18.8 Å². The second kappa shape index (κ2) is 7.94. The summed E-state index contributed by atoms with van der Waals surface area (Å²) in [6, 6.07) is 3.55. The van der Waals surface area contributed by atoms with Crippen LogP contribution in [0.15, 0.2) is 18.2 Å². The van der Waals surface area contributed by atoms with Gasteiger partial charge in [-0.15, -0.1) is 0 Å². The second-order valence-corrected chi connectivity index (χ2v) is 7.85. The molecule has 1 aliphatic rings. The topological polar surface area (TPSA) is 122 Å². The Kier molecular flexibility index (Phi) is 5.71. The molecule has 2 heterocycles. The largest absolute Gasteiger partial charge is 0.365 e. The maximum Gasteiger partial charge on any atom is 0.318 e. The number of aromatic nitrogens is 2. The summed E-state index contributed by atoms with van der Waals surface area (Å²) in [5.74, 6) is -1.66. The van der Waals surface area contributed by atoms with Crippen molar-refractivity contribution in [2.24, 2.45) is 5.73 Å². The second-order valence-electron chi connectivity index (χ2n) is 7.44. The number of hydrogen-bond donors (Lipinski definition) is 3. The number of primary amides is 1. The molecule has 1 aliphatic heterocycles. The van der Waals surface area contributed by atoms with Crippen LogP contribution in [-0.2, 0) is 17.9 Å². The molecule has 9 nitrogen and oxygen atoms in total. The molecule has 0 spiro atoms. The molecule has 0 aliphatic carbocycles. The lowest BCUT2D eigenvalue weighted by Crippen LogP contribution is -2.58. The van der Waals surface area contributed by atoms with E-state index < -0.39 is 23.3 Å². The van der Waals surface area contributed by atoms with Gasteiger partial charge in [-0.2, -0.15) is 5.10 Å². The van der Waals surface area contributed by atoms with Crippen molar-refractivity contribution >= 4 is 29.4 Å². The average molecular weight is 437 g/mol. The van der Waals surface area contributed by atoms with Crippen LogP contribution in [0, 0.1) is 5.82 Å². The summed E-state index contributed by atoms with van der Waals surface area (Å²) >= 11 is 5.87. The minimum Gasteiger partial charge on any atom is -0.365 e. The van der Waals surface area contributed by atoms with E-state index in [0.29, 0.717) is 24.3 Å². The molecule has 0 radical (unpaired) electrons. The molecule has 0 atom stereocenters. The fourth-order valence-electron chi connectivity index (χ4n) is 3.31. The predicted octanol–water partition coefficient (Wildman–Crippen LogP) is 1.49. The molecule has 4 amide bonds. The summed E-state index contributed by atoms with van der Waals surface area (Å²) in [6.07, 6.45) is 0. The molecule has 1 aromatic carbocycles. The van der Waals surface area contributed by atoms with Crippen LogP contribution in [0.3, 0.4) is 0 Å². The number of carbonyl (C=O) groups is 3. The molecule has 0 bridgehead atoms. The van der Waals surface area contributed by atoms with E-state index >= 15 is 0 Å². The number of amides is 4. The van der Waals surface area contributed by atoms with Crippen molar-refractivity contribution in [3.63, 3.8) is 0 Å². The van der Waals surface area contributed by atoms with Gasteiger partial charge in [-0.1, -0.05) is 11.6 Å². The van der Waals surface area contributed by atoms with Gasteiger partial charge in [0.1, 0.15) is 17.1 Å². The Morgan fingerprint density at radius 2 is 1.97 bits per heavy atom. The van der Waals surface area contributed by atoms with Gasteiger partial charge in [0.15, 0.2) is 0 Å². The van der Waals surface area contributed by atoms with Crippen molar-refractivity contribution in [1.82, 2.24) is 25.3 Å². The first-order valence-electron chi connectivity index (χ1n) is 9.19. The van der Waals surface area contributed by atoms with E-state index in [4.69, 9.17) is 17.3 Å². The lowest BCUT2D eigenvalue weighted by Gasteiger charge is -2.32. The van der Waals surface area contributed by atoms with E-state index in [2.05, 4.69) is 15.7 Å². The van der Waals surface area contributed by atoms with Gasteiger partial charge >= 0.3 is 6.03 Å². The molecule has 0 saturated heterocycles. The molecule has 30 heavy (non-hydrogen) atoms. The minimum absolute atomic E-state index is 0.0653. The third kappa shape index (κ3) is 3.95. The lowest BCUT2D eigenvalue weighted by molar-refractivity contribution is -0.125. The summed E-state index contributed by atoms with van der Waals surface area (Å²) in [4.78, 5) is 38.3. The van der Waals surface area contributed by atoms with Crippen LogP contribution >= 0.6 is 11.6 Å². The van der Waals surface area contributed by atoms with Crippen LogP contribution in [-0.4, -0.2) is 51.7 Å². The van der Waals surface area contributed by atoms with Crippen LogP contribution in [0.4, 0.5) is 9.18 Å². The Balaban J connectivity index is 1.92. The van der Waals surface area contributed by atoms with Crippen LogP contribution in [0.2, 0.25) is 5.02 Å². The smallest absolute Gasteiger partial charge is 0.318 e. The molecule has 2 aromatic rings. The first-order chi connectivity index (χ1) is 14.0. The molecule has 11 heteroatoms. The first kappa shape index (κ1) is 21.6. The van der Waals surface area contributed by atoms with E-state index in [-0.39, 0.29) is 28.7 Å².